The number of rotatable bonds is 5. The first-order valence-corrected chi connectivity index (χ1v) is 6.92. The van der Waals surface area contributed by atoms with Gasteiger partial charge in [0.1, 0.15) is 11.5 Å². The van der Waals surface area contributed by atoms with Gasteiger partial charge in [-0.2, -0.15) is 0 Å². The van der Waals surface area contributed by atoms with Crippen molar-refractivity contribution in [3.05, 3.63) is 23.2 Å². The van der Waals surface area contributed by atoms with Gasteiger partial charge >= 0.3 is 0 Å². The molecule has 1 unspecified atom stereocenters. The summed E-state index contributed by atoms with van der Waals surface area (Å²) in [4.78, 5) is 2.38. The van der Waals surface area contributed by atoms with Crippen molar-refractivity contribution in [3.8, 4) is 0 Å². The molecule has 0 radical (unpaired) electrons. The fourth-order valence-electron chi connectivity index (χ4n) is 2.90. The minimum absolute atomic E-state index is 0.361. The minimum atomic E-state index is 0.361. The summed E-state index contributed by atoms with van der Waals surface area (Å²) >= 11 is 0. The van der Waals surface area contributed by atoms with Crippen molar-refractivity contribution in [3.63, 3.8) is 0 Å². The molecule has 1 aromatic heterocycles. The van der Waals surface area contributed by atoms with E-state index in [2.05, 4.69) is 37.3 Å². The highest BCUT2D eigenvalue weighted by atomic mass is 16.3. The van der Waals surface area contributed by atoms with E-state index >= 15 is 0 Å². The molecular formula is C15H26N2O. The summed E-state index contributed by atoms with van der Waals surface area (Å²) in [5.41, 5.74) is 1.67. The molecule has 18 heavy (non-hydrogen) atoms. The highest BCUT2D eigenvalue weighted by Gasteiger charge is 2.38. The number of aryl methyl sites for hydroxylation is 2. The summed E-state index contributed by atoms with van der Waals surface area (Å²) in [6.45, 7) is 7.34. The molecular weight excluding hydrogens is 224 g/mol. The molecule has 3 nitrogen and oxygen atoms in total. The van der Waals surface area contributed by atoms with E-state index in [4.69, 9.17) is 4.42 Å². The van der Waals surface area contributed by atoms with Crippen LogP contribution in [0.5, 0.6) is 0 Å². The lowest BCUT2D eigenvalue weighted by molar-refractivity contribution is 0.0576. The molecule has 1 aromatic rings. The van der Waals surface area contributed by atoms with E-state index < -0.39 is 0 Å². The van der Waals surface area contributed by atoms with Crippen LogP contribution in [0.1, 0.15) is 49.3 Å². The first kappa shape index (κ1) is 13.6. The number of hydrogen-bond donors (Lipinski definition) is 1. The molecule has 2 rings (SSSR count). The molecule has 1 aliphatic rings. The number of likely N-dealkylation sites (N-methyl/N-ethyl adjacent to an activating group) is 1. The molecule has 1 aliphatic carbocycles. The van der Waals surface area contributed by atoms with Crippen molar-refractivity contribution in [2.75, 3.05) is 20.6 Å². The molecule has 3 heteroatoms. The number of furan rings is 1. The van der Waals surface area contributed by atoms with Gasteiger partial charge in [-0.3, -0.25) is 0 Å². The zero-order valence-electron chi connectivity index (χ0n) is 12.3. The predicted octanol–water partition coefficient (Wildman–Crippen LogP) is 3.03. The highest BCUT2D eigenvalue weighted by molar-refractivity contribution is 5.23. The van der Waals surface area contributed by atoms with Crippen LogP contribution in [0.3, 0.4) is 0 Å². The number of nitrogens with one attached hydrogen (secondary N) is 1. The Morgan fingerprint density at radius 3 is 2.44 bits per heavy atom. The van der Waals surface area contributed by atoms with E-state index in [1.807, 2.05) is 13.8 Å². The van der Waals surface area contributed by atoms with E-state index in [0.29, 0.717) is 11.6 Å². The van der Waals surface area contributed by atoms with Crippen LogP contribution in [0, 0.1) is 13.8 Å². The Labute approximate surface area is 111 Å². The van der Waals surface area contributed by atoms with Crippen LogP contribution in [0.4, 0.5) is 0 Å². The summed E-state index contributed by atoms with van der Waals surface area (Å²) in [5.74, 6) is 2.04. The van der Waals surface area contributed by atoms with Gasteiger partial charge in [0.25, 0.3) is 0 Å². The van der Waals surface area contributed by atoms with E-state index in [9.17, 15) is 0 Å². The van der Waals surface area contributed by atoms with E-state index in [1.54, 1.807) is 0 Å². The van der Waals surface area contributed by atoms with Gasteiger partial charge in [0.15, 0.2) is 0 Å². The van der Waals surface area contributed by atoms with E-state index in [1.165, 1.54) is 24.8 Å². The second-order valence-corrected chi connectivity index (χ2v) is 5.94. The largest absolute Gasteiger partial charge is 0.466 e. The van der Waals surface area contributed by atoms with Crippen LogP contribution in [-0.4, -0.2) is 31.1 Å². The van der Waals surface area contributed by atoms with Crippen molar-refractivity contribution in [2.24, 2.45) is 0 Å². The second-order valence-electron chi connectivity index (χ2n) is 5.94. The summed E-state index contributed by atoms with van der Waals surface area (Å²) in [5, 5.41) is 3.68. The third-order valence-corrected chi connectivity index (χ3v) is 4.52. The summed E-state index contributed by atoms with van der Waals surface area (Å²) in [7, 11) is 4.39. The van der Waals surface area contributed by atoms with Crippen molar-refractivity contribution in [1.29, 1.82) is 0 Å². The number of nitrogens with zero attached hydrogens (tertiary/aromatic N) is 1. The van der Waals surface area contributed by atoms with Gasteiger partial charge in [-0.05, 0) is 60.2 Å². The summed E-state index contributed by atoms with van der Waals surface area (Å²) in [6, 6.07) is 2.51. The van der Waals surface area contributed by atoms with Gasteiger partial charge in [-0.25, -0.2) is 0 Å². The predicted molar refractivity (Wildman–Crippen MR) is 74.9 cm³/mol. The maximum absolute atomic E-state index is 5.60. The second kappa shape index (κ2) is 5.06. The molecule has 0 aromatic carbocycles. The molecule has 0 saturated heterocycles. The average molecular weight is 250 g/mol. The quantitative estimate of drug-likeness (QED) is 0.870. The fraction of sp³-hybridized carbons (Fsp3) is 0.733. The molecule has 0 aliphatic heterocycles. The van der Waals surface area contributed by atoms with Gasteiger partial charge in [-0.15, -0.1) is 0 Å². The summed E-state index contributed by atoms with van der Waals surface area (Å²) in [6.07, 6.45) is 3.98. The normalized spacial score (nSPS) is 19.9. The smallest absolute Gasteiger partial charge is 0.105 e. The summed E-state index contributed by atoms with van der Waals surface area (Å²) < 4.78 is 5.60. The molecule has 0 spiro atoms. The van der Waals surface area contributed by atoms with Gasteiger partial charge in [0.05, 0.1) is 0 Å². The first-order valence-electron chi connectivity index (χ1n) is 6.92. The van der Waals surface area contributed by atoms with Gasteiger partial charge in [0.2, 0.25) is 0 Å². The van der Waals surface area contributed by atoms with Gasteiger partial charge in [0, 0.05) is 23.7 Å². The lowest BCUT2D eigenvalue weighted by Crippen LogP contribution is -2.56. The lowest BCUT2D eigenvalue weighted by atomic mass is 9.75. The van der Waals surface area contributed by atoms with Crippen molar-refractivity contribution < 1.29 is 4.42 Å². The van der Waals surface area contributed by atoms with Crippen LogP contribution in [-0.2, 0) is 0 Å². The highest BCUT2D eigenvalue weighted by Crippen LogP contribution is 2.36. The maximum Gasteiger partial charge on any atom is 0.105 e. The maximum atomic E-state index is 5.60. The lowest BCUT2D eigenvalue weighted by Gasteiger charge is -2.48. The molecule has 1 saturated carbocycles. The van der Waals surface area contributed by atoms with Crippen LogP contribution in [0.25, 0.3) is 0 Å². The van der Waals surface area contributed by atoms with E-state index in [-0.39, 0.29) is 0 Å². The Hall–Kier alpha value is -0.800. The molecule has 1 fully saturated rings. The number of hydrogen-bond acceptors (Lipinski definition) is 3. The SMILES string of the molecule is Cc1cc(C(C)NCC2(N(C)C)CCC2)c(C)o1. The average Bonchev–Trinajstić information content (AvgIpc) is 2.55. The molecule has 0 bridgehead atoms. The van der Waals surface area contributed by atoms with Crippen molar-refractivity contribution >= 4 is 0 Å². The Kier molecular flexibility index (Phi) is 3.83. The van der Waals surface area contributed by atoms with Crippen LogP contribution in [0.15, 0.2) is 10.5 Å². The van der Waals surface area contributed by atoms with Crippen molar-refractivity contribution in [1.82, 2.24) is 10.2 Å². The third kappa shape index (κ3) is 2.47. The topological polar surface area (TPSA) is 28.4 Å². The fourth-order valence-corrected chi connectivity index (χ4v) is 2.90. The molecule has 1 N–H and O–H groups in total. The Morgan fingerprint density at radius 1 is 1.39 bits per heavy atom. The van der Waals surface area contributed by atoms with Gasteiger partial charge < -0.3 is 14.6 Å². The zero-order chi connectivity index (χ0) is 13.3. The van der Waals surface area contributed by atoms with Crippen LogP contribution in [0.2, 0.25) is 0 Å². The van der Waals surface area contributed by atoms with Gasteiger partial charge in [-0.1, -0.05) is 0 Å². The van der Waals surface area contributed by atoms with Crippen LogP contribution < -0.4 is 5.32 Å². The molecule has 1 heterocycles. The Bertz CT molecular complexity index is 405. The molecule has 0 amide bonds. The van der Waals surface area contributed by atoms with Crippen LogP contribution >= 0.6 is 0 Å². The zero-order valence-corrected chi connectivity index (χ0v) is 12.3. The monoisotopic (exact) mass is 250 g/mol. The Morgan fingerprint density at radius 2 is 2.06 bits per heavy atom. The Balaban J connectivity index is 1.96. The third-order valence-electron chi connectivity index (χ3n) is 4.52. The van der Waals surface area contributed by atoms with Crippen molar-refractivity contribution in [2.45, 2.75) is 51.6 Å². The first-order chi connectivity index (χ1) is 8.44. The molecule has 102 valence electrons. The minimum Gasteiger partial charge on any atom is -0.466 e. The van der Waals surface area contributed by atoms with E-state index in [0.717, 1.165) is 18.1 Å². The molecule has 1 atom stereocenters. The standard InChI is InChI=1S/C15H26N2O/c1-11-9-14(13(3)18-11)12(2)16-10-15(17(4)5)7-6-8-15/h9,12,16H,6-8,10H2,1-5H3.